The van der Waals surface area contributed by atoms with E-state index in [1.807, 2.05) is 4.90 Å². The van der Waals surface area contributed by atoms with Crippen molar-refractivity contribution in [3.8, 4) is 0 Å². The molecule has 0 aliphatic carbocycles. The molecule has 0 spiro atoms. The summed E-state index contributed by atoms with van der Waals surface area (Å²) in [5, 5.41) is 4.40. The van der Waals surface area contributed by atoms with Crippen LogP contribution in [0.3, 0.4) is 0 Å². The van der Waals surface area contributed by atoms with Gasteiger partial charge in [-0.2, -0.15) is 5.01 Å². The smallest absolute Gasteiger partial charge is 0.248 e. The van der Waals surface area contributed by atoms with E-state index in [0.717, 1.165) is 18.1 Å². The van der Waals surface area contributed by atoms with E-state index in [4.69, 9.17) is 11.6 Å². The van der Waals surface area contributed by atoms with Crippen LogP contribution in [0.25, 0.3) is 0 Å². The number of hydrogen-bond acceptors (Lipinski definition) is 5. The lowest BCUT2D eigenvalue weighted by Gasteiger charge is -2.31. The van der Waals surface area contributed by atoms with Gasteiger partial charge in [-0.15, -0.1) is 0 Å². The second-order valence-electron chi connectivity index (χ2n) is 5.61. The van der Waals surface area contributed by atoms with Crippen molar-refractivity contribution >= 4 is 34.8 Å². The molecular formula is C15H18ClFN4O2. The van der Waals surface area contributed by atoms with E-state index in [9.17, 15) is 14.0 Å². The molecule has 0 atom stereocenters. The number of imide groups is 1. The van der Waals surface area contributed by atoms with Crippen LogP contribution in [0.1, 0.15) is 19.3 Å². The number of hydrazine groups is 1. The maximum atomic E-state index is 14.4. The highest BCUT2D eigenvalue weighted by Gasteiger charge is 2.27. The summed E-state index contributed by atoms with van der Waals surface area (Å²) in [4.78, 5) is 25.5. The van der Waals surface area contributed by atoms with Gasteiger partial charge in [-0.3, -0.25) is 15.0 Å². The number of carbonyl (C=O) groups excluding carboxylic acids is 2. The topological polar surface area (TPSA) is 64.7 Å². The lowest BCUT2D eigenvalue weighted by atomic mass is 10.1. The Morgan fingerprint density at radius 3 is 2.43 bits per heavy atom. The van der Waals surface area contributed by atoms with Crippen LogP contribution in [0.5, 0.6) is 0 Å². The first-order chi connectivity index (χ1) is 11.1. The van der Waals surface area contributed by atoms with Crippen molar-refractivity contribution in [2.75, 3.05) is 36.5 Å². The molecule has 2 amide bonds. The van der Waals surface area contributed by atoms with Crippen LogP contribution in [-0.4, -0.2) is 43.0 Å². The number of nitrogens with zero attached hydrogens (tertiary/aromatic N) is 2. The Morgan fingerprint density at radius 2 is 1.78 bits per heavy atom. The number of carbonyl (C=O) groups is 2. The number of hydrogen-bond donors (Lipinski definition) is 2. The normalized spacial score (nSPS) is 19.2. The molecule has 2 saturated heterocycles. The lowest BCUT2D eigenvalue weighted by molar-refractivity contribution is -0.146. The predicted molar refractivity (Wildman–Crippen MR) is 85.8 cm³/mol. The van der Waals surface area contributed by atoms with Gasteiger partial charge in [0, 0.05) is 45.1 Å². The molecule has 0 unspecified atom stereocenters. The summed E-state index contributed by atoms with van der Waals surface area (Å²) in [6.07, 6.45) is 1.12. The third kappa shape index (κ3) is 3.40. The molecule has 23 heavy (non-hydrogen) atoms. The molecule has 1 aromatic rings. The van der Waals surface area contributed by atoms with E-state index >= 15 is 0 Å². The molecule has 2 heterocycles. The molecule has 0 saturated carbocycles. The van der Waals surface area contributed by atoms with Crippen molar-refractivity contribution in [1.29, 1.82) is 0 Å². The van der Waals surface area contributed by atoms with Crippen molar-refractivity contribution in [3.63, 3.8) is 0 Å². The molecule has 3 rings (SSSR count). The van der Waals surface area contributed by atoms with Gasteiger partial charge in [-0.05, 0) is 12.5 Å². The Balaban J connectivity index is 1.82. The van der Waals surface area contributed by atoms with E-state index in [-0.39, 0.29) is 35.4 Å². The van der Waals surface area contributed by atoms with Crippen LogP contribution < -0.4 is 15.6 Å². The number of rotatable bonds is 3. The number of anilines is 2. The van der Waals surface area contributed by atoms with Crippen LogP contribution >= 0.6 is 11.6 Å². The number of benzene rings is 1. The number of amides is 2. The molecule has 0 radical (unpaired) electrons. The number of piperazine rings is 1. The van der Waals surface area contributed by atoms with Crippen molar-refractivity contribution in [2.45, 2.75) is 19.3 Å². The van der Waals surface area contributed by atoms with Crippen LogP contribution in [0.15, 0.2) is 12.1 Å². The minimum atomic E-state index is -0.435. The van der Waals surface area contributed by atoms with Gasteiger partial charge >= 0.3 is 0 Å². The van der Waals surface area contributed by atoms with Gasteiger partial charge in [0.2, 0.25) is 11.8 Å². The zero-order chi connectivity index (χ0) is 16.4. The average Bonchev–Trinajstić information content (AvgIpc) is 2.54. The maximum Gasteiger partial charge on any atom is 0.248 e. The second kappa shape index (κ2) is 6.72. The molecule has 6 nitrogen and oxygen atoms in total. The van der Waals surface area contributed by atoms with E-state index in [1.54, 1.807) is 0 Å². The Hall–Kier alpha value is -1.86. The predicted octanol–water partition coefficient (Wildman–Crippen LogP) is 1.75. The van der Waals surface area contributed by atoms with Gasteiger partial charge in [-0.25, -0.2) is 4.39 Å². The largest absolute Gasteiger partial charge is 0.367 e. The van der Waals surface area contributed by atoms with E-state index in [1.165, 1.54) is 12.1 Å². The molecule has 8 heteroatoms. The standard InChI is InChI=1S/C15H18ClFN4O2/c16-10-8-13(20-6-4-18-5-7-20)11(17)9-12(10)19-21-14(22)2-1-3-15(21)23/h8-9,18-19H,1-7H2. The van der Waals surface area contributed by atoms with Gasteiger partial charge in [0.25, 0.3) is 0 Å². The molecule has 2 aliphatic rings. The first kappa shape index (κ1) is 16.0. The Bertz CT molecular complexity index is 618. The molecule has 2 fully saturated rings. The van der Waals surface area contributed by atoms with Crippen LogP contribution in [-0.2, 0) is 9.59 Å². The van der Waals surface area contributed by atoms with Gasteiger partial charge in [0.15, 0.2) is 0 Å². The summed E-state index contributed by atoms with van der Waals surface area (Å²) in [5.74, 6) is -1.09. The highest BCUT2D eigenvalue weighted by atomic mass is 35.5. The fourth-order valence-electron chi connectivity index (χ4n) is 2.77. The second-order valence-corrected chi connectivity index (χ2v) is 6.02. The highest BCUT2D eigenvalue weighted by Crippen LogP contribution is 2.31. The van der Waals surface area contributed by atoms with Crippen molar-refractivity contribution in [1.82, 2.24) is 10.3 Å². The molecule has 124 valence electrons. The fourth-order valence-corrected chi connectivity index (χ4v) is 2.97. The van der Waals surface area contributed by atoms with E-state index in [0.29, 0.717) is 25.2 Å². The maximum absolute atomic E-state index is 14.4. The SMILES string of the molecule is O=C1CCCC(=O)N1Nc1cc(F)c(N2CCNCC2)cc1Cl. The molecule has 0 aromatic heterocycles. The zero-order valence-electron chi connectivity index (χ0n) is 12.6. The summed E-state index contributed by atoms with van der Waals surface area (Å²) < 4.78 is 14.4. The van der Waals surface area contributed by atoms with Crippen LogP contribution in [0, 0.1) is 5.82 Å². The monoisotopic (exact) mass is 340 g/mol. The Kier molecular flexibility index (Phi) is 4.68. The third-order valence-corrected chi connectivity index (χ3v) is 4.32. The van der Waals surface area contributed by atoms with Crippen LogP contribution in [0.2, 0.25) is 5.02 Å². The lowest BCUT2D eigenvalue weighted by Crippen LogP contribution is -2.44. The zero-order valence-corrected chi connectivity index (χ0v) is 13.3. The van der Waals surface area contributed by atoms with Gasteiger partial charge in [-0.1, -0.05) is 11.6 Å². The van der Waals surface area contributed by atoms with Gasteiger partial charge in [0.1, 0.15) is 5.82 Å². The van der Waals surface area contributed by atoms with Crippen molar-refractivity contribution < 1.29 is 14.0 Å². The number of piperidine rings is 1. The summed E-state index contributed by atoms with van der Waals surface area (Å²) in [6.45, 7) is 2.97. The average molecular weight is 341 g/mol. The minimum Gasteiger partial charge on any atom is -0.367 e. The fraction of sp³-hybridized carbons (Fsp3) is 0.467. The minimum absolute atomic E-state index is 0.214. The summed E-state index contributed by atoms with van der Waals surface area (Å²) in [7, 11) is 0. The number of nitrogens with one attached hydrogen (secondary N) is 2. The molecule has 2 aliphatic heterocycles. The van der Waals surface area contributed by atoms with E-state index in [2.05, 4.69) is 10.7 Å². The first-order valence-electron chi connectivity index (χ1n) is 7.63. The third-order valence-electron chi connectivity index (χ3n) is 4.01. The van der Waals surface area contributed by atoms with Crippen LogP contribution in [0.4, 0.5) is 15.8 Å². The molecule has 0 bridgehead atoms. The first-order valence-corrected chi connectivity index (χ1v) is 8.01. The van der Waals surface area contributed by atoms with Gasteiger partial charge in [0.05, 0.1) is 16.4 Å². The quantitative estimate of drug-likeness (QED) is 0.821. The molecular weight excluding hydrogens is 323 g/mol. The van der Waals surface area contributed by atoms with Crippen molar-refractivity contribution in [3.05, 3.63) is 23.0 Å². The van der Waals surface area contributed by atoms with E-state index < -0.39 is 5.82 Å². The molecule has 1 aromatic carbocycles. The highest BCUT2D eigenvalue weighted by molar-refractivity contribution is 6.33. The number of halogens is 2. The summed E-state index contributed by atoms with van der Waals surface area (Å²) >= 11 is 6.21. The summed E-state index contributed by atoms with van der Waals surface area (Å²) in [6, 6.07) is 2.76. The Labute approximate surface area is 138 Å². The Morgan fingerprint density at radius 1 is 1.13 bits per heavy atom. The van der Waals surface area contributed by atoms with Gasteiger partial charge < -0.3 is 10.2 Å². The van der Waals surface area contributed by atoms with Crippen molar-refractivity contribution in [2.24, 2.45) is 0 Å². The summed E-state index contributed by atoms with van der Waals surface area (Å²) in [5.41, 5.74) is 3.29. The molecule has 2 N–H and O–H groups in total.